The number of rotatable bonds is 3. The number of nitrogens with one attached hydrogen (secondary N) is 1. The topological polar surface area (TPSA) is 65.4 Å². The van der Waals surface area contributed by atoms with E-state index in [1.165, 1.54) is 6.07 Å². The number of pyridine rings is 1. The second-order valence-corrected chi connectivity index (χ2v) is 4.99. The van der Waals surface area contributed by atoms with Crippen LogP contribution in [-0.2, 0) is 0 Å². The fraction of sp³-hybridized carbons (Fsp3) is 0.118. The highest BCUT2D eigenvalue weighted by atomic mass is 16.3. The van der Waals surface area contributed by atoms with Crippen LogP contribution < -0.4 is 5.32 Å². The number of aromatic hydroxyl groups is 2. The number of aromatic nitrogens is 1. The van der Waals surface area contributed by atoms with E-state index in [4.69, 9.17) is 0 Å². The first-order valence-electron chi connectivity index (χ1n) is 6.77. The van der Waals surface area contributed by atoms with E-state index in [0.29, 0.717) is 0 Å². The van der Waals surface area contributed by atoms with Gasteiger partial charge in [0, 0.05) is 23.2 Å². The molecule has 0 spiro atoms. The van der Waals surface area contributed by atoms with Crippen LogP contribution in [0.1, 0.15) is 18.5 Å². The molecule has 0 fully saturated rings. The molecule has 0 aliphatic rings. The zero-order valence-corrected chi connectivity index (χ0v) is 11.6. The first-order chi connectivity index (χ1) is 10.1. The largest absolute Gasteiger partial charge is 0.508 e. The van der Waals surface area contributed by atoms with E-state index in [9.17, 15) is 10.2 Å². The van der Waals surface area contributed by atoms with Crippen LogP contribution >= 0.6 is 0 Å². The molecule has 3 aromatic rings. The maximum Gasteiger partial charge on any atom is 0.124 e. The summed E-state index contributed by atoms with van der Waals surface area (Å²) in [5, 5.41) is 23.7. The molecule has 0 amide bonds. The highest BCUT2D eigenvalue weighted by molar-refractivity contribution is 5.90. The number of phenols is 2. The van der Waals surface area contributed by atoms with E-state index < -0.39 is 0 Å². The number of hydrogen-bond donors (Lipinski definition) is 3. The summed E-state index contributed by atoms with van der Waals surface area (Å²) in [4.78, 5) is 4.40. The van der Waals surface area contributed by atoms with Crippen LogP contribution in [0.4, 0.5) is 5.69 Å². The Kier molecular flexibility index (Phi) is 3.36. The molecule has 1 atom stereocenters. The van der Waals surface area contributed by atoms with Crippen molar-refractivity contribution in [3.05, 3.63) is 60.3 Å². The van der Waals surface area contributed by atoms with Gasteiger partial charge in [0.15, 0.2) is 0 Å². The molecule has 0 aliphatic heterocycles. The van der Waals surface area contributed by atoms with Gasteiger partial charge in [0.05, 0.1) is 17.2 Å². The maximum atomic E-state index is 9.94. The van der Waals surface area contributed by atoms with Crippen LogP contribution in [0.3, 0.4) is 0 Å². The number of anilines is 1. The van der Waals surface area contributed by atoms with Crippen molar-refractivity contribution in [2.24, 2.45) is 0 Å². The maximum absolute atomic E-state index is 9.94. The lowest BCUT2D eigenvalue weighted by atomic mass is 10.1. The Hall–Kier alpha value is -2.75. The molecule has 0 saturated heterocycles. The van der Waals surface area contributed by atoms with Crippen molar-refractivity contribution in [2.45, 2.75) is 13.0 Å². The highest BCUT2D eigenvalue weighted by Crippen LogP contribution is 2.31. The fourth-order valence-electron chi connectivity index (χ4n) is 2.43. The summed E-state index contributed by atoms with van der Waals surface area (Å²) in [5.74, 6) is 0.124. The molecule has 3 N–H and O–H groups in total. The Bertz CT molecular complexity index is 781. The minimum Gasteiger partial charge on any atom is -0.508 e. The molecule has 106 valence electrons. The minimum atomic E-state index is -0.113. The third kappa shape index (κ3) is 2.60. The summed E-state index contributed by atoms with van der Waals surface area (Å²) in [6.45, 7) is 1.95. The normalized spacial score (nSPS) is 12.2. The Morgan fingerprint density at radius 2 is 1.86 bits per heavy atom. The predicted octanol–water partition coefficient (Wildman–Crippen LogP) is 3.82. The standard InChI is InChI=1S/C17H16N2O2/c1-11(14-8-7-13(20)10-16(14)21)19-15-6-2-4-12-5-3-9-18-17(12)15/h2-11,19-21H,1H3. The summed E-state index contributed by atoms with van der Waals surface area (Å²) in [7, 11) is 0. The summed E-state index contributed by atoms with van der Waals surface area (Å²) >= 11 is 0. The molecule has 1 aromatic heterocycles. The van der Waals surface area contributed by atoms with Crippen LogP contribution in [0.2, 0.25) is 0 Å². The first kappa shape index (κ1) is 13.2. The zero-order valence-electron chi connectivity index (χ0n) is 11.6. The van der Waals surface area contributed by atoms with E-state index in [1.807, 2.05) is 37.3 Å². The molecule has 0 radical (unpaired) electrons. The van der Waals surface area contributed by atoms with Crippen molar-refractivity contribution in [3.63, 3.8) is 0 Å². The second-order valence-electron chi connectivity index (χ2n) is 4.99. The molecule has 2 aromatic carbocycles. The Labute approximate surface area is 122 Å². The smallest absolute Gasteiger partial charge is 0.124 e. The van der Waals surface area contributed by atoms with Crippen molar-refractivity contribution >= 4 is 16.6 Å². The first-order valence-corrected chi connectivity index (χ1v) is 6.77. The van der Waals surface area contributed by atoms with Crippen LogP contribution in [0.5, 0.6) is 11.5 Å². The van der Waals surface area contributed by atoms with E-state index >= 15 is 0 Å². The number of benzene rings is 2. The van der Waals surface area contributed by atoms with Gasteiger partial charge in [-0.15, -0.1) is 0 Å². The van der Waals surface area contributed by atoms with Gasteiger partial charge in [0.2, 0.25) is 0 Å². The average molecular weight is 280 g/mol. The molecule has 0 bridgehead atoms. The van der Waals surface area contributed by atoms with Gasteiger partial charge >= 0.3 is 0 Å². The van der Waals surface area contributed by atoms with Gasteiger partial charge in [-0.2, -0.15) is 0 Å². The van der Waals surface area contributed by atoms with Gasteiger partial charge < -0.3 is 15.5 Å². The van der Waals surface area contributed by atoms with Crippen LogP contribution in [0, 0.1) is 0 Å². The lowest BCUT2D eigenvalue weighted by Gasteiger charge is -2.18. The molecular formula is C17H16N2O2. The van der Waals surface area contributed by atoms with Crippen LogP contribution in [0.25, 0.3) is 10.9 Å². The summed E-state index contributed by atoms with van der Waals surface area (Å²) in [6, 6.07) is 14.4. The molecule has 1 unspecified atom stereocenters. The molecule has 4 heteroatoms. The molecule has 0 saturated carbocycles. The van der Waals surface area contributed by atoms with Crippen molar-refractivity contribution in [3.8, 4) is 11.5 Å². The Morgan fingerprint density at radius 3 is 2.67 bits per heavy atom. The van der Waals surface area contributed by atoms with Gasteiger partial charge in [-0.05, 0) is 31.2 Å². The van der Waals surface area contributed by atoms with Crippen molar-refractivity contribution in [2.75, 3.05) is 5.32 Å². The third-order valence-corrected chi connectivity index (χ3v) is 3.49. The Morgan fingerprint density at radius 1 is 1.05 bits per heavy atom. The van der Waals surface area contributed by atoms with Gasteiger partial charge in [0.1, 0.15) is 11.5 Å². The number of para-hydroxylation sites is 1. The number of fused-ring (bicyclic) bond motifs is 1. The van der Waals surface area contributed by atoms with Gasteiger partial charge in [-0.25, -0.2) is 0 Å². The molecule has 1 heterocycles. The molecular weight excluding hydrogens is 264 g/mol. The third-order valence-electron chi connectivity index (χ3n) is 3.49. The fourth-order valence-corrected chi connectivity index (χ4v) is 2.43. The monoisotopic (exact) mass is 280 g/mol. The van der Waals surface area contributed by atoms with E-state index in [2.05, 4.69) is 10.3 Å². The van der Waals surface area contributed by atoms with Gasteiger partial charge in [0.25, 0.3) is 0 Å². The number of phenolic OH excluding ortho intramolecular Hbond substituents is 2. The molecule has 0 aliphatic carbocycles. The Balaban J connectivity index is 1.94. The molecule has 21 heavy (non-hydrogen) atoms. The van der Waals surface area contributed by atoms with Crippen LogP contribution in [-0.4, -0.2) is 15.2 Å². The highest BCUT2D eigenvalue weighted by Gasteiger charge is 2.12. The summed E-state index contributed by atoms with van der Waals surface area (Å²) in [5.41, 5.74) is 2.53. The van der Waals surface area contributed by atoms with Crippen molar-refractivity contribution in [1.29, 1.82) is 0 Å². The minimum absolute atomic E-state index is 0.0512. The SMILES string of the molecule is CC(Nc1cccc2cccnc12)c1ccc(O)cc1O. The zero-order chi connectivity index (χ0) is 14.8. The molecule has 4 nitrogen and oxygen atoms in total. The number of nitrogens with zero attached hydrogens (tertiary/aromatic N) is 1. The predicted molar refractivity (Wildman–Crippen MR) is 83.6 cm³/mol. The lowest BCUT2D eigenvalue weighted by Crippen LogP contribution is -2.07. The summed E-state index contributed by atoms with van der Waals surface area (Å²) < 4.78 is 0. The van der Waals surface area contributed by atoms with E-state index in [0.717, 1.165) is 22.2 Å². The second kappa shape index (κ2) is 5.32. The summed E-state index contributed by atoms with van der Waals surface area (Å²) in [6.07, 6.45) is 1.76. The van der Waals surface area contributed by atoms with E-state index in [1.54, 1.807) is 18.3 Å². The average Bonchev–Trinajstić information content (AvgIpc) is 2.47. The molecule has 3 rings (SSSR count). The quantitative estimate of drug-likeness (QED) is 0.682. The van der Waals surface area contributed by atoms with E-state index in [-0.39, 0.29) is 17.5 Å². The number of hydrogen-bond acceptors (Lipinski definition) is 4. The van der Waals surface area contributed by atoms with Crippen molar-refractivity contribution in [1.82, 2.24) is 4.98 Å². The van der Waals surface area contributed by atoms with Crippen molar-refractivity contribution < 1.29 is 10.2 Å². The van der Waals surface area contributed by atoms with Gasteiger partial charge in [-0.1, -0.05) is 18.2 Å². The van der Waals surface area contributed by atoms with Crippen LogP contribution in [0.15, 0.2) is 54.7 Å². The lowest BCUT2D eigenvalue weighted by molar-refractivity contribution is 0.444. The van der Waals surface area contributed by atoms with Gasteiger partial charge in [-0.3, -0.25) is 4.98 Å².